The van der Waals surface area contributed by atoms with Crippen molar-refractivity contribution in [2.75, 3.05) is 0 Å². The van der Waals surface area contributed by atoms with Crippen LogP contribution in [0.15, 0.2) is 30.3 Å². The smallest absolute Gasteiger partial charge is 0.287 e. The number of carbonyl (C=O) groups is 1. The molecular formula is C13H17NO3. The van der Waals surface area contributed by atoms with Crippen LogP contribution in [0.3, 0.4) is 0 Å². The van der Waals surface area contributed by atoms with Crippen LogP contribution in [0, 0.1) is 0 Å². The van der Waals surface area contributed by atoms with Crippen molar-refractivity contribution in [3.8, 4) is 5.75 Å². The fourth-order valence-electron chi connectivity index (χ4n) is 2.31. The van der Waals surface area contributed by atoms with Crippen molar-refractivity contribution in [1.82, 2.24) is 5.48 Å². The second-order valence-corrected chi connectivity index (χ2v) is 4.41. The quantitative estimate of drug-likeness (QED) is 0.624. The summed E-state index contributed by atoms with van der Waals surface area (Å²) in [5.74, 6) is 0.221. The summed E-state index contributed by atoms with van der Waals surface area (Å²) in [6.45, 7) is 0. The summed E-state index contributed by atoms with van der Waals surface area (Å²) in [5, 5.41) is 8.85. The molecule has 4 nitrogen and oxygen atoms in total. The molecular weight excluding hydrogens is 218 g/mol. The number of para-hydroxylation sites is 1. The highest BCUT2D eigenvalue weighted by molar-refractivity contribution is 5.84. The topological polar surface area (TPSA) is 58.6 Å². The summed E-state index contributed by atoms with van der Waals surface area (Å²) in [7, 11) is 0. The third-order valence-electron chi connectivity index (χ3n) is 3.23. The first-order valence-electron chi connectivity index (χ1n) is 5.95. The van der Waals surface area contributed by atoms with Gasteiger partial charge in [0, 0.05) is 0 Å². The average molecular weight is 235 g/mol. The first kappa shape index (κ1) is 11.9. The average Bonchev–Trinajstić information content (AvgIpc) is 2.40. The molecule has 4 heteroatoms. The molecule has 0 radical (unpaired) electrons. The van der Waals surface area contributed by atoms with Gasteiger partial charge in [-0.2, -0.15) is 0 Å². The number of hydroxylamine groups is 1. The van der Waals surface area contributed by atoms with Gasteiger partial charge in [0.15, 0.2) is 5.60 Å². The predicted octanol–water partition coefficient (Wildman–Crippen LogP) is 2.27. The van der Waals surface area contributed by atoms with Gasteiger partial charge in [0.25, 0.3) is 5.91 Å². The molecule has 1 aromatic rings. The Morgan fingerprint density at radius 1 is 1.18 bits per heavy atom. The van der Waals surface area contributed by atoms with Crippen LogP contribution in [0.4, 0.5) is 0 Å². The zero-order valence-corrected chi connectivity index (χ0v) is 9.69. The van der Waals surface area contributed by atoms with Crippen LogP contribution < -0.4 is 10.2 Å². The van der Waals surface area contributed by atoms with Crippen molar-refractivity contribution in [3.63, 3.8) is 0 Å². The summed E-state index contributed by atoms with van der Waals surface area (Å²) in [4.78, 5) is 11.8. The van der Waals surface area contributed by atoms with Crippen molar-refractivity contribution in [2.24, 2.45) is 0 Å². The highest BCUT2D eigenvalue weighted by Gasteiger charge is 2.41. The monoisotopic (exact) mass is 235 g/mol. The minimum absolute atomic E-state index is 0.443. The number of rotatable bonds is 3. The lowest BCUT2D eigenvalue weighted by Gasteiger charge is -2.35. The van der Waals surface area contributed by atoms with E-state index in [9.17, 15) is 4.79 Å². The van der Waals surface area contributed by atoms with Crippen LogP contribution in [-0.4, -0.2) is 16.7 Å². The van der Waals surface area contributed by atoms with Crippen molar-refractivity contribution >= 4 is 5.91 Å². The highest BCUT2D eigenvalue weighted by Crippen LogP contribution is 2.33. The molecule has 0 heterocycles. The Kier molecular flexibility index (Phi) is 3.64. The minimum atomic E-state index is -0.908. The minimum Gasteiger partial charge on any atom is -0.477 e. The van der Waals surface area contributed by atoms with E-state index in [2.05, 4.69) is 0 Å². The van der Waals surface area contributed by atoms with Crippen molar-refractivity contribution in [1.29, 1.82) is 0 Å². The van der Waals surface area contributed by atoms with Gasteiger partial charge in [0.05, 0.1) is 0 Å². The van der Waals surface area contributed by atoms with Crippen LogP contribution >= 0.6 is 0 Å². The Morgan fingerprint density at radius 3 is 2.41 bits per heavy atom. The Bertz CT molecular complexity index is 372. The maximum Gasteiger partial charge on any atom is 0.287 e. The second kappa shape index (κ2) is 5.19. The van der Waals surface area contributed by atoms with Gasteiger partial charge in [-0.05, 0) is 37.8 Å². The van der Waals surface area contributed by atoms with E-state index in [0.717, 1.165) is 19.3 Å². The van der Waals surface area contributed by atoms with Gasteiger partial charge in [-0.15, -0.1) is 0 Å². The summed E-state index contributed by atoms with van der Waals surface area (Å²) in [6.07, 6.45) is 4.29. The molecule has 0 aromatic heterocycles. The standard InChI is InChI=1S/C13H17NO3/c15-12(14-16)13(9-5-2-6-10-13)17-11-7-3-1-4-8-11/h1,3-4,7-8,16H,2,5-6,9-10H2,(H,14,15). The van der Waals surface area contributed by atoms with E-state index in [0.29, 0.717) is 18.6 Å². The van der Waals surface area contributed by atoms with Gasteiger partial charge < -0.3 is 4.74 Å². The Labute approximate surface area is 101 Å². The SMILES string of the molecule is O=C(NO)C1(Oc2ccccc2)CCCCC1. The van der Waals surface area contributed by atoms with E-state index in [4.69, 9.17) is 9.94 Å². The zero-order chi connectivity index (χ0) is 12.1. The maximum atomic E-state index is 11.8. The third kappa shape index (κ3) is 2.58. The Morgan fingerprint density at radius 2 is 1.82 bits per heavy atom. The predicted molar refractivity (Wildman–Crippen MR) is 62.8 cm³/mol. The molecule has 1 fully saturated rings. The third-order valence-corrected chi connectivity index (χ3v) is 3.23. The van der Waals surface area contributed by atoms with Gasteiger partial charge in [-0.1, -0.05) is 24.6 Å². The zero-order valence-electron chi connectivity index (χ0n) is 9.69. The van der Waals surface area contributed by atoms with Crippen LogP contribution in [0.5, 0.6) is 5.75 Å². The van der Waals surface area contributed by atoms with Crippen molar-refractivity contribution in [2.45, 2.75) is 37.7 Å². The number of carbonyl (C=O) groups excluding carboxylic acids is 1. The van der Waals surface area contributed by atoms with Gasteiger partial charge in [-0.25, -0.2) is 5.48 Å². The normalized spacial score (nSPS) is 18.4. The summed E-state index contributed by atoms with van der Waals surface area (Å²) in [6, 6.07) is 9.26. The van der Waals surface area contributed by atoms with Crippen molar-refractivity contribution in [3.05, 3.63) is 30.3 Å². The molecule has 1 aliphatic carbocycles. The Balaban J connectivity index is 2.19. The molecule has 0 bridgehead atoms. The fourth-order valence-corrected chi connectivity index (χ4v) is 2.31. The van der Waals surface area contributed by atoms with Gasteiger partial charge in [0.2, 0.25) is 0 Å². The molecule has 0 saturated heterocycles. The molecule has 1 aliphatic rings. The lowest BCUT2D eigenvalue weighted by molar-refractivity contribution is -0.148. The van der Waals surface area contributed by atoms with Gasteiger partial charge in [0.1, 0.15) is 5.75 Å². The molecule has 1 aromatic carbocycles. The largest absolute Gasteiger partial charge is 0.477 e. The molecule has 1 saturated carbocycles. The summed E-state index contributed by atoms with van der Waals surface area (Å²) < 4.78 is 5.82. The second-order valence-electron chi connectivity index (χ2n) is 4.41. The maximum absolute atomic E-state index is 11.8. The van der Waals surface area contributed by atoms with Gasteiger partial charge >= 0.3 is 0 Å². The number of hydrogen-bond acceptors (Lipinski definition) is 3. The van der Waals surface area contributed by atoms with Crippen LogP contribution in [-0.2, 0) is 4.79 Å². The molecule has 0 unspecified atom stereocenters. The van der Waals surface area contributed by atoms with E-state index in [1.165, 1.54) is 0 Å². The lowest BCUT2D eigenvalue weighted by atomic mass is 9.84. The Hall–Kier alpha value is -1.55. The summed E-state index contributed by atoms with van der Waals surface area (Å²) in [5.41, 5.74) is 0.823. The first-order chi connectivity index (χ1) is 8.27. The molecule has 17 heavy (non-hydrogen) atoms. The molecule has 0 atom stereocenters. The number of hydrogen-bond donors (Lipinski definition) is 2. The molecule has 92 valence electrons. The van der Waals surface area contributed by atoms with Gasteiger partial charge in [-0.3, -0.25) is 10.0 Å². The molecule has 0 spiro atoms. The van der Waals surface area contributed by atoms with E-state index in [-0.39, 0.29) is 0 Å². The number of amides is 1. The molecule has 2 rings (SSSR count). The van der Waals surface area contributed by atoms with E-state index in [1.807, 2.05) is 30.3 Å². The van der Waals surface area contributed by atoms with Crippen LogP contribution in [0.25, 0.3) is 0 Å². The number of nitrogens with one attached hydrogen (secondary N) is 1. The van der Waals surface area contributed by atoms with Crippen molar-refractivity contribution < 1.29 is 14.7 Å². The molecule has 0 aliphatic heterocycles. The van der Waals surface area contributed by atoms with Crippen LogP contribution in [0.2, 0.25) is 0 Å². The fraction of sp³-hybridized carbons (Fsp3) is 0.462. The van der Waals surface area contributed by atoms with Crippen LogP contribution in [0.1, 0.15) is 32.1 Å². The molecule has 1 amide bonds. The van der Waals surface area contributed by atoms with E-state index >= 15 is 0 Å². The van der Waals surface area contributed by atoms with E-state index < -0.39 is 11.5 Å². The summed E-state index contributed by atoms with van der Waals surface area (Å²) >= 11 is 0. The number of benzene rings is 1. The first-order valence-corrected chi connectivity index (χ1v) is 5.95. The number of ether oxygens (including phenoxy) is 1. The highest BCUT2D eigenvalue weighted by atomic mass is 16.5. The molecule has 2 N–H and O–H groups in total. The van der Waals surface area contributed by atoms with E-state index in [1.54, 1.807) is 5.48 Å². The lowest BCUT2D eigenvalue weighted by Crippen LogP contribution is -2.51.